The highest BCUT2D eigenvalue weighted by Gasteiger charge is 2.62. The molecule has 3 aromatic carbocycles. The summed E-state index contributed by atoms with van der Waals surface area (Å²) in [6, 6.07) is 18.5. The van der Waals surface area contributed by atoms with Crippen LogP contribution in [0.5, 0.6) is 5.75 Å². The van der Waals surface area contributed by atoms with Gasteiger partial charge in [-0.3, -0.25) is 34.5 Å². The maximum Gasteiger partial charge on any atom is 0.249 e. The normalized spacial score (nSPS) is 21.2. The first-order valence-electron chi connectivity index (χ1n) is 25.8. The number of carbonyl (C=O) groups is 3. The van der Waals surface area contributed by atoms with Crippen molar-refractivity contribution in [1.29, 1.82) is 0 Å². The van der Waals surface area contributed by atoms with E-state index in [-0.39, 0.29) is 24.1 Å². The van der Waals surface area contributed by atoms with Gasteiger partial charge in [0.1, 0.15) is 24.8 Å². The zero-order valence-corrected chi connectivity index (χ0v) is 43.5. The number of hydrogen-bond acceptors (Lipinski definition) is 13. The fourth-order valence-corrected chi connectivity index (χ4v) is 15.7. The largest absolute Gasteiger partial charge is 0.492 e. The fraction of sp³-hybridized carbons (Fsp3) is 0.481. The molecular weight excluding hydrogens is 980 g/mol. The predicted octanol–water partition coefficient (Wildman–Crippen LogP) is 8.34. The van der Waals surface area contributed by atoms with E-state index in [1.165, 1.54) is 11.3 Å². The molecule has 5 fully saturated rings. The lowest BCUT2D eigenvalue weighted by Crippen LogP contribution is -2.54. The number of aromatic nitrogens is 3. The van der Waals surface area contributed by atoms with Crippen LogP contribution in [-0.4, -0.2) is 119 Å². The van der Waals surface area contributed by atoms with Crippen molar-refractivity contribution in [2.45, 2.75) is 102 Å². The number of amides is 3. The zero-order chi connectivity index (χ0) is 49.0. The number of piperazine rings is 1. The average molecular weight is 1040 g/mol. The minimum atomic E-state index is -2.64. The Labute approximate surface area is 424 Å². The zero-order valence-electron chi connectivity index (χ0n) is 41.1. The number of pyridine rings is 1. The quantitative estimate of drug-likeness (QED) is 0.0719. The van der Waals surface area contributed by atoms with Crippen LogP contribution in [-0.2, 0) is 37.2 Å². The first-order chi connectivity index (χ1) is 34.4. The smallest absolute Gasteiger partial charge is 0.249 e. The Hall–Kier alpha value is -5.41. The van der Waals surface area contributed by atoms with Crippen LogP contribution in [0.2, 0.25) is 0 Å². The molecule has 71 heavy (non-hydrogen) atoms. The molecule has 2 aromatic heterocycles. The molecule has 0 radical (unpaired) electrons. The lowest BCUT2D eigenvalue weighted by molar-refractivity contribution is -0.135. The van der Waals surface area contributed by atoms with Crippen molar-refractivity contribution in [2.75, 3.05) is 85.2 Å². The van der Waals surface area contributed by atoms with E-state index in [1.807, 2.05) is 37.3 Å². The third-order valence-corrected chi connectivity index (χ3v) is 19.9. The van der Waals surface area contributed by atoms with Crippen LogP contribution in [0.4, 0.5) is 34.5 Å². The summed E-state index contributed by atoms with van der Waals surface area (Å²) in [5, 5.41) is 11.3. The molecular formula is C54H64BrN10O5P. The van der Waals surface area contributed by atoms with E-state index in [9.17, 15) is 18.9 Å². The van der Waals surface area contributed by atoms with Gasteiger partial charge in [-0.15, -0.1) is 0 Å². The molecule has 17 heteroatoms. The first kappa shape index (κ1) is 47.9. The highest BCUT2D eigenvalue weighted by molar-refractivity contribution is 9.10. The minimum Gasteiger partial charge on any atom is -0.492 e. The van der Waals surface area contributed by atoms with E-state index in [1.54, 1.807) is 11.1 Å². The Balaban J connectivity index is 0.717. The molecule has 1 saturated carbocycles. The van der Waals surface area contributed by atoms with Crippen molar-refractivity contribution in [3.8, 4) is 5.75 Å². The molecule has 1 spiro atoms. The number of nitrogens with one attached hydrogen (secondary N) is 3. The summed E-state index contributed by atoms with van der Waals surface area (Å²) < 4.78 is 21.5. The molecule has 5 aliphatic heterocycles. The standard InChI is InChI=1S/C54H64BrN10O5P/c1-4-36-11-12-38-40(57-36)13-14-41(49(38)71(69)29-6-7-30-71)58-50-39(55)33-56-53(61-50)59-42-31-34(3)45(32-46(42)70-5-2)64-23-18-37(19-24-64)63-27-25-62(26-28-63)22-17-35-9-8-10-43-48(35)54(20-21-54)52(68)65(43)44-15-16-47(66)60-51(44)67/h8-14,31-33,37,44H,4-7,15-30H2,1-3H3,(H,60,66,67)(H2,56,58,59,61). The van der Waals surface area contributed by atoms with Gasteiger partial charge in [0, 0.05) is 111 Å². The lowest BCUT2D eigenvalue weighted by atomic mass is 9.91. The number of piperidine rings is 2. The first-order valence-corrected chi connectivity index (χ1v) is 28.7. The van der Waals surface area contributed by atoms with Crippen LogP contribution < -0.4 is 35.8 Å². The van der Waals surface area contributed by atoms with E-state index in [2.05, 4.69) is 89.7 Å². The Morgan fingerprint density at radius 3 is 2.41 bits per heavy atom. The molecule has 4 saturated heterocycles. The van der Waals surface area contributed by atoms with Crippen molar-refractivity contribution in [2.24, 2.45) is 0 Å². The Morgan fingerprint density at radius 1 is 0.887 bits per heavy atom. The van der Waals surface area contributed by atoms with Crippen LogP contribution in [0, 0.1) is 6.92 Å². The van der Waals surface area contributed by atoms with E-state index >= 15 is 0 Å². The van der Waals surface area contributed by atoms with Crippen LogP contribution in [0.15, 0.2) is 65.3 Å². The molecule has 1 unspecified atom stereocenters. The van der Waals surface area contributed by atoms with Crippen LogP contribution >= 0.6 is 23.1 Å². The summed E-state index contributed by atoms with van der Waals surface area (Å²) in [6.45, 7) is 13.7. The molecule has 15 nitrogen and oxygen atoms in total. The summed E-state index contributed by atoms with van der Waals surface area (Å²) in [5.41, 5.74) is 8.46. The Kier molecular flexibility index (Phi) is 13.2. The SMILES string of the molecule is CCOc1cc(N2CCC(N3CCN(CCc4cccc5c4C4(CC4)C(=O)N5C4CCC(=O)NC4=O)CC3)CC2)c(C)cc1Nc1ncc(Br)c(Nc2ccc3nc(CC)ccc3c2P2(=O)CCCC2)n1. The third kappa shape index (κ3) is 9.12. The number of hydrogen-bond donors (Lipinski definition) is 3. The second-order valence-electron chi connectivity index (χ2n) is 20.3. The summed E-state index contributed by atoms with van der Waals surface area (Å²) >= 11 is 3.69. The number of rotatable bonds is 14. The van der Waals surface area contributed by atoms with Gasteiger partial charge in [-0.1, -0.05) is 25.1 Å². The van der Waals surface area contributed by atoms with E-state index < -0.39 is 18.6 Å². The Bertz CT molecular complexity index is 2960. The van der Waals surface area contributed by atoms with Gasteiger partial charge in [-0.05, 0) is 135 Å². The molecule has 7 heterocycles. The number of fused-ring (bicyclic) bond motifs is 3. The number of aryl methyl sites for hydroxylation is 2. The topological polar surface area (TPSA) is 165 Å². The molecule has 372 valence electrons. The number of nitrogens with zero attached hydrogens (tertiary/aromatic N) is 7. The van der Waals surface area contributed by atoms with Crippen molar-refractivity contribution in [1.82, 2.24) is 30.1 Å². The van der Waals surface area contributed by atoms with Crippen molar-refractivity contribution in [3.63, 3.8) is 0 Å². The minimum absolute atomic E-state index is 0.0271. The number of carbonyl (C=O) groups excluding carboxylic acids is 3. The van der Waals surface area contributed by atoms with Gasteiger partial charge < -0.3 is 29.7 Å². The molecule has 11 rings (SSSR count). The second-order valence-corrected chi connectivity index (χ2v) is 24.3. The Morgan fingerprint density at radius 2 is 1.68 bits per heavy atom. The van der Waals surface area contributed by atoms with Crippen molar-refractivity contribution < 1.29 is 23.7 Å². The molecule has 6 aliphatic rings. The van der Waals surface area contributed by atoms with Gasteiger partial charge >= 0.3 is 0 Å². The fourth-order valence-electron chi connectivity index (χ4n) is 12.1. The van der Waals surface area contributed by atoms with E-state index in [0.717, 1.165) is 153 Å². The summed E-state index contributed by atoms with van der Waals surface area (Å²) in [7, 11) is -2.64. The number of benzene rings is 3. The maximum atomic E-state index is 14.5. The van der Waals surface area contributed by atoms with E-state index in [4.69, 9.17) is 14.7 Å². The second kappa shape index (κ2) is 19.5. The monoisotopic (exact) mass is 1040 g/mol. The van der Waals surface area contributed by atoms with Crippen LogP contribution in [0.3, 0.4) is 0 Å². The van der Waals surface area contributed by atoms with Gasteiger partial charge in [0.2, 0.25) is 23.7 Å². The maximum absolute atomic E-state index is 14.5. The molecule has 1 atom stereocenters. The number of halogens is 1. The van der Waals surface area contributed by atoms with Crippen molar-refractivity contribution >= 4 is 91.5 Å². The molecule has 1 aliphatic carbocycles. The highest BCUT2D eigenvalue weighted by atomic mass is 79.9. The van der Waals surface area contributed by atoms with Gasteiger partial charge in [0.05, 0.1) is 33.4 Å². The van der Waals surface area contributed by atoms with Gasteiger partial charge in [-0.25, -0.2) is 4.98 Å². The van der Waals surface area contributed by atoms with Crippen molar-refractivity contribution in [3.05, 3.63) is 87.7 Å². The predicted molar refractivity (Wildman–Crippen MR) is 284 cm³/mol. The van der Waals surface area contributed by atoms with E-state index in [0.29, 0.717) is 47.6 Å². The summed E-state index contributed by atoms with van der Waals surface area (Å²) in [5.74, 6) is 1.13. The van der Waals surface area contributed by atoms with Gasteiger partial charge in [0.15, 0.2) is 0 Å². The molecule has 0 bridgehead atoms. The third-order valence-electron chi connectivity index (χ3n) is 16.0. The van der Waals surface area contributed by atoms with Crippen LogP contribution in [0.1, 0.15) is 87.6 Å². The molecule has 5 aromatic rings. The molecule has 3 amide bonds. The summed E-state index contributed by atoms with van der Waals surface area (Å²) in [6.07, 6.45) is 11.2. The summed E-state index contributed by atoms with van der Waals surface area (Å²) in [4.78, 5) is 62.6. The average Bonchev–Trinajstić information content (AvgIpc) is 4.00. The highest BCUT2D eigenvalue weighted by Crippen LogP contribution is 2.59. The number of ether oxygens (including phenoxy) is 1. The number of imide groups is 1. The lowest BCUT2D eigenvalue weighted by Gasteiger charge is -2.43. The van der Waals surface area contributed by atoms with Crippen LogP contribution in [0.25, 0.3) is 10.9 Å². The number of anilines is 6. The molecule has 3 N–H and O–H groups in total. The van der Waals surface area contributed by atoms with Gasteiger partial charge in [0.25, 0.3) is 0 Å². The van der Waals surface area contributed by atoms with Gasteiger partial charge in [-0.2, -0.15) is 4.98 Å².